The molecule has 1 aromatic carbocycles. The van der Waals surface area contributed by atoms with E-state index in [1.54, 1.807) is 19.1 Å². The van der Waals surface area contributed by atoms with Gasteiger partial charge in [0.1, 0.15) is 11.5 Å². The summed E-state index contributed by atoms with van der Waals surface area (Å²) >= 11 is 0. The third-order valence-corrected chi connectivity index (χ3v) is 2.94. The standard InChI is InChI=1S/C13H16O4/c1-9-11(6-5-10(8-14)13(9)15)17-12-4-2-3-7-16-12/h5-6,8,12,15H,2-4,7H2,1H3/t12-/m1/s1. The molecule has 0 aromatic heterocycles. The first kappa shape index (κ1) is 11.9. The van der Waals surface area contributed by atoms with Crippen molar-refractivity contribution < 1.29 is 19.4 Å². The number of hydrogen-bond acceptors (Lipinski definition) is 4. The molecule has 0 amide bonds. The van der Waals surface area contributed by atoms with Gasteiger partial charge in [-0.1, -0.05) is 0 Å². The van der Waals surface area contributed by atoms with Crippen molar-refractivity contribution in [2.75, 3.05) is 6.61 Å². The molecule has 4 nitrogen and oxygen atoms in total. The highest BCUT2D eigenvalue weighted by atomic mass is 16.7. The molecule has 1 aromatic rings. The van der Waals surface area contributed by atoms with E-state index in [1.807, 2.05) is 0 Å². The number of rotatable bonds is 3. The molecule has 1 fully saturated rings. The number of aromatic hydroxyl groups is 1. The highest BCUT2D eigenvalue weighted by Gasteiger charge is 2.17. The average molecular weight is 236 g/mol. The quantitative estimate of drug-likeness (QED) is 0.819. The largest absolute Gasteiger partial charge is 0.507 e. The number of carbonyl (C=O) groups excluding carboxylic acids is 1. The summed E-state index contributed by atoms with van der Waals surface area (Å²) < 4.78 is 11.1. The van der Waals surface area contributed by atoms with Crippen LogP contribution in [0.1, 0.15) is 35.2 Å². The van der Waals surface area contributed by atoms with Gasteiger partial charge in [-0.3, -0.25) is 4.79 Å². The molecule has 4 heteroatoms. The Morgan fingerprint density at radius 1 is 1.47 bits per heavy atom. The maximum absolute atomic E-state index is 10.7. The average Bonchev–Trinajstić information content (AvgIpc) is 2.37. The number of benzene rings is 1. The normalized spacial score (nSPS) is 19.9. The van der Waals surface area contributed by atoms with Crippen LogP contribution in [0.4, 0.5) is 0 Å². The molecule has 0 unspecified atom stereocenters. The summed E-state index contributed by atoms with van der Waals surface area (Å²) in [6, 6.07) is 3.24. The molecular weight excluding hydrogens is 220 g/mol. The monoisotopic (exact) mass is 236 g/mol. The first-order valence-electron chi connectivity index (χ1n) is 5.78. The molecule has 1 aliphatic rings. The van der Waals surface area contributed by atoms with E-state index in [9.17, 15) is 9.90 Å². The van der Waals surface area contributed by atoms with E-state index in [0.717, 1.165) is 19.3 Å². The van der Waals surface area contributed by atoms with Crippen molar-refractivity contribution in [2.45, 2.75) is 32.5 Å². The molecule has 0 aliphatic carbocycles. The minimum atomic E-state index is -0.246. The van der Waals surface area contributed by atoms with E-state index in [0.29, 0.717) is 24.2 Å². The summed E-state index contributed by atoms with van der Waals surface area (Å²) in [5.41, 5.74) is 0.850. The maximum Gasteiger partial charge on any atom is 0.199 e. The Hall–Kier alpha value is -1.55. The topological polar surface area (TPSA) is 55.8 Å². The van der Waals surface area contributed by atoms with Crippen LogP contribution in [0.5, 0.6) is 11.5 Å². The molecule has 92 valence electrons. The van der Waals surface area contributed by atoms with Crippen LogP contribution in [0.3, 0.4) is 0 Å². The zero-order valence-corrected chi connectivity index (χ0v) is 9.81. The van der Waals surface area contributed by atoms with Crippen LogP contribution < -0.4 is 4.74 Å². The molecule has 0 saturated carbocycles. The van der Waals surface area contributed by atoms with Crippen molar-refractivity contribution in [3.8, 4) is 11.5 Å². The van der Waals surface area contributed by atoms with Gasteiger partial charge in [0.25, 0.3) is 0 Å². The molecule has 0 radical (unpaired) electrons. The van der Waals surface area contributed by atoms with Gasteiger partial charge < -0.3 is 14.6 Å². The second kappa shape index (κ2) is 5.19. The SMILES string of the molecule is Cc1c(O[C@@H]2CCCCO2)ccc(C=O)c1O. The second-order valence-corrected chi connectivity index (χ2v) is 4.16. The lowest BCUT2D eigenvalue weighted by atomic mass is 10.1. The second-order valence-electron chi connectivity index (χ2n) is 4.16. The maximum atomic E-state index is 10.7. The van der Waals surface area contributed by atoms with Crippen LogP contribution in [-0.4, -0.2) is 24.3 Å². The third-order valence-electron chi connectivity index (χ3n) is 2.94. The predicted molar refractivity (Wildman–Crippen MR) is 62.5 cm³/mol. The highest BCUT2D eigenvalue weighted by Crippen LogP contribution is 2.31. The molecule has 2 rings (SSSR count). The molecular formula is C13H16O4. The van der Waals surface area contributed by atoms with Gasteiger partial charge in [-0.15, -0.1) is 0 Å². The minimum absolute atomic E-state index is 0.0201. The Bertz CT molecular complexity index is 408. The molecule has 1 saturated heterocycles. The molecule has 1 atom stereocenters. The van der Waals surface area contributed by atoms with E-state index in [-0.39, 0.29) is 17.6 Å². The van der Waals surface area contributed by atoms with E-state index < -0.39 is 0 Å². The van der Waals surface area contributed by atoms with E-state index >= 15 is 0 Å². The number of carbonyl (C=O) groups is 1. The van der Waals surface area contributed by atoms with Crippen LogP contribution in [0.15, 0.2) is 12.1 Å². The summed E-state index contributed by atoms with van der Waals surface area (Å²) in [6.07, 6.45) is 3.39. The van der Waals surface area contributed by atoms with Crippen LogP contribution in [0.2, 0.25) is 0 Å². The van der Waals surface area contributed by atoms with Gasteiger partial charge in [-0.2, -0.15) is 0 Å². The third kappa shape index (κ3) is 2.58. The zero-order chi connectivity index (χ0) is 12.3. The molecule has 0 spiro atoms. The van der Waals surface area contributed by atoms with Gasteiger partial charge in [0.05, 0.1) is 12.2 Å². The minimum Gasteiger partial charge on any atom is -0.507 e. The van der Waals surface area contributed by atoms with Crippen molar-refractivity contribution in [3.63, 3.8) is 0 Å². The smallest absolute Gasteiger partial charge is 0.199 e. The highest BCUT2D eigenvalue weighted by molar-refractivity contribution is 5.80. The fourth-order valence-electron chi connectivity index (χ4n) is 1.87. The predicted octanol–water partition coefficient (Wildman–Crippen LogP) is 2.42. The Kier molecular flexibility index (Phi) is 3.64. The van der Waals surface area contributed by atoms with Crippen molar-refractivity contribution in [1.29, 1.82) is 0 Å². The van der Waals surface area contributed by atoms with Gasteiger partial charge in [-0.25, -0.2) is 0 Å². The van der Waals surface area contributed by atoms with Gasteiger partial charge in [-0.05, 0) is 31.9 Å². The molecule has 0 bridgehead atoms. The zero-order valence-electron chi connectivity index (χ0n) is 9.81. The van der Waals surface area contributed by atoms with Gasteiger partial charge in [0, 0.05) is 12.0 Å². The number of phenolic OH excluding ortho intramolecular Hbond substituents is 1. The van der Waals surface area contributed by atoms with E-state index in [2.05, 4.69) is 0 Å². The van der Waals surface area contributed by atoms with Crippen LogP contribution in [0.25, 0.3) is 0 Å². The Morgan fingerprint density at radius 3 is 2.94 bits per heavy atom. The van der Waals surface area contributed by atoms with E-state index in [1.165, 1.54) is 0 Å². The lowest BCUT2D eigenvalue weighted by molar-refractivity contribution is -0.106. The first-order valence-corrected chi connectivity index (χ1v) is 5.78. The fourth-order valence-corrected chi connectivity index (χ4v) is 1.87. The Balaban J connectivity index is 2.15. The fraction of sp³-hybridized carbons (Fsp3) is 0.462. The van der Waals surface area contributed by atoms with Crippen LogP contribution in [-0.2, 0) is 4.74 Å². The van der Waals surface area contributed by atoms with Crippen LogP contribution in [0, 0.1) is 6.92 Å². The van der Waals surface area contributed by atoms with Crippen molar-refractivity contribution in [1.82, 2.24) is 0 Å². The molecule has 1 N–H and O–H groups in total. The number of hydrogen-bond donors (Lipinski definition) is 1. The van der Waals surface area contributed by atoms with Crippen molar-refractivity contribution in [3.05, 3.63) is 23.3 Å². The Morgan fingerprint density at radius 2 is 2.29 bits per heavy atom. The first-order chi connectivity index (χ1) is 8.22. The van der Waals surface area contributed by atoms with Crippen molar-refractivity contribution >= 4 is 6.29 Å². The van der Waals surface area contributed by atoms with E-state index in [4.69, 9.17) is 9.47 Å². The number of aldehydes is 1. The van der Waals surface area contributed by atoms with Gasteiger partial charge in [0.15, 0.2) is 12.6 Å². The van der Waals surface area contributed by atoms with Gasteiger partial charge >= 0.3 is 0 Å². The number of phenols is 1. The lowest BCUT2D eigenvalue weighted by Crippen LogP contribution is -2.25. The molecule has 1 aliphatic heterocycles. The summed E-state index contributed by atoms with van der Waals surface area (Å²) in [5, 5.41) is 9.76. The van der Waals surface area contributed by atoms with Crippen LogP contribution >= 0.6 is 0 Å². The Labute approximate surface area is 100 Å². The van der Waals surface area contributed by atoms with Gasteiger partial charge in [0.2, 0.25) is 0 Å². The summed E-state index contributed by atoms with van der Waals surface area (Å²) in [4.78, 5) is 10.7. The summed E-state index contributed by atoms with van der Waals surface area (Å²) in [5.74, 6) is 0.549. The summed E-state index contributed by atoms with van der Waals surface area (Å²) in [7, 11) is 0. The number of ether oxygens (including phenoxy) is 2. The molecule has 1 heterocycles. The van der Waals surface area contributed by atoms with Crippen molar-refractivity contribution in [2.24, 2.45) is 0 Å². The lowest BCUT2D eigenvalue weighted by Gasteiger charge is -2.24. The molecule has 17 heavy (non-hydrogen) atoms. The summed E-state index contributed by atoms with van der Waals surface area (Å²) in [6.45, 7) is 2.43.